The molecular weight excluding hydrogens is 356 g/mol. The van der Waals surface area contributed by atoms with Crippen molar-refractivity contribution >= 4 is 34.0 Å². The van der Waals surface area contributed by atoms with Crippen molar-refractivity contribution in [2.24, 2.45) is 0 Å². The van der Waals surface area contributed by atoms with Gasteiger partial charge in [-0.1, -0.05) is 0 Å². The van der Waals surface area contributed by atoms with E-state index in [4.69, 9.17) is 9.47 Å². The van der Waals surface area contributed by atoms with Crippen molar-refractivity contribution in [2.45, 2.75) is 46.8 Å². The molecule has 0 aromatic carbocycles. The lowest BCUT2D eigenvalue weighted by atomic mass is 10.1. The molecule has 1 aliphatic rings. The smallest absolute Gasteiger partial charge is 0.341 e. The molecule has 0 bridgehead atoms. The Balaban J connectivity index is 2.16. The second-order valence-corrected chi connectivity index (χ2v) is 7.70. The van der Waals surface area contributed by atoms with Gasteiger partial charge in [-0.25, -0.2) is 4.79 Å². The second-order valence-electron chi connectivity index (χ2n) is 6.68. The fourth-order valence-corrected chi connectivity index (χ4v) is 4.42. The molecule has 26 heavy (non-hydrogen) atoms. The van der Waals surface area contributed by atoms with Crippen LogP contribution < -0.4 is 10.2 Å². The molecule has 0 unspecified atom stereocenters. The summed E-state index contributed by atoms with van der Waals surface area (Å²) in [5.74, 6) is -0.854. The molecule has 1 fully saturated rings. The number of hydrogen-bond acceptors (Lipinski definition) is 6. The third-order valence-corrected chi connectivity index (χ3v) is 5.53. The first kappa shape index (κ1) is 20.5. The molecule has 144 valence electrons. The van der Waals surface area contributed by atoms with Crippen LogP contribution in [0.3, 0.4) is 0 Å². The van der Waals surface area contributed by atoms with Crippen molar-refractivity contribution < 1.29 is 28.8 Å². The number of ketones is 1. The molecule has 0 saturated carbocycles. The molecular formula is C18H27N2O5S+. The normalized spacial score (nSPS) is 22.7. The standard InChI is InChI=1S/C18H26N2O5S/c1-6-24-18(23)15-12(4)16(13(5)21)26-17(15)19-14(22)9-20-7-10(2)25-11(3)8-20/h10-11H,6-9H2,1-5H3,(H,19,22)/p+1/t10-,11-/m0/s1. The van der Waals surface area contributed by atoms with Crippen LogP contribution in [0.5, 0.6) is 0 Å². The van der Waals surface area contributed by atoms with E-state index in [-0.39, 0.29) is 42.6 Å². The van der Waals surface area contributed by atoms with E-state index in [1.165, 1.54) is 6.92 Å². The van der Waals surface area contributed by atoms with E-state index in [1.54, 1.807) is 13.8 Å². The van der Waals surface area contributed by atoms with Crippen molar-refractivity contribution in [3.63, 3.8) is 0 Å². The van der Waals surface area contributed by atoms with E-state index < -0.39 is 5.97 Å². The van der Waals surface area contributed by atoms with Crippen molar-refractivity contribution in [3.05, 3.63) is 16.0 Å². The molecule has 2 N–H and O–H groups in total. The summed E-state index contributed by atoms with van der Waals surface area (Å²) in [6.07, 6.45) is 0.204. The van der Waals surface area contributed by atoms with Crippen molar-refractivity contribution in [1.82, 2.24) is 0 Å². The van der Waals surface area contributed by atoms with Gasteiger partial charge in [-0.3, -0.25) is 9.59 Å². The maximum absolute atomic E-state index is 12.5. The Morgan fingerprint density at radius 3 is 2.42 bits per heavy atom. The minimum Gasteiger partial charge on any atom is -0.462 e. The highest BCUT2D eigenvalue weighted by Crippen LogP contribution is 2.34. The second kappa shape index (κ2) is 8.75. The zero-order valence-electron chi connectivity index (χ0n) is 15.9. The van der Waals surface area contributed by atoms with Crippen molar-refractivity contribution in [1.29, 1.82) is 0 Å². The van der Waals surface area contributed by atoms with Crippen LogP contribution in [-0.2, 0) is 14.3 Å². The van der Waals surface area contributed by atoms with Gasteiger partial charge in [-0.2, -0.15) is 0 Å². The van der Waals surface area contributed by atoms with Crippen molar-refractivity contribution in [2.75, 3.05) is 31.6 Å². The number of carbonyl (C=O) groups excluding carboxylic acids is 3. The van der Waals surface area contributed by atoms with Crippen LogP contribution in [0.2, 0.25) is 0 Å². The molecule has 7 nitrogen and oxygen atoms in total. The van der Waals surface area contributed by atoms with Gasteiger partial charge in [0.15, 0.2) is 12.3 Å². The number of amides is 1. The quantitative estimate of drug-likeness (QED) is 0.567. The molecule has 0 radical (unpaired) electrons. The van der Waals surface area contributed by atoms with Gasteiger partial charge in [-0.15, -0.1) is 11.3 Å². The number of anilines is 1. The van der Waals surface area contributed by atoms with E-state index in [1.807, 2.05) is 13.8 Å². The van der Waals surface area contributed by atoms with Crippen LogP contribution in [-0.4, -0.2) is 56.1 Å². The molecule has 0 aliphatic carbocycles. The Morgan fingerprint density at radius 1 is 1.27 bits per heavy atom. The maximum atomic E-state index is 12.5. The molecule has 2 atom stereocenters. The van der Waals surface area contributed by atoms with Gasteiger partial charge in [0.25, 0.3) is 5.91 Å². The number of nitrogens with one attached hydrogen (secondary N) is 2. The largest absolute Gasteiger partial charge is 0.462 e. The number of carbonyl (C=O) groups is 3. The van der Waals surface area contributed by atoms with Crippen molar-refractivity contribution in [3.8, 4) is 0 Å². The van der Waals surface area contributed by atoms with Crippen LogP contribution in [0.15, 0.2) is 0 Å². The highest BCUT2D eigenvalue weighted by Gasteiger charge is 2.29. The van der Waals surface area contributed by atoms with Crippen LogP contribution in [0.1, 0.15) is 53.3 Å². The first-order chi connectivity index (χ1) is 12.2. The van der Waals surface area contributed by atoms with Gasteiger partial charge in [0.05, 0.1) is 17.0 Å². The lowest BCUT2D eigenvalue weighted by molar-refractivity contribution is -0.907. The lowest BCUT2D eigenvalue weighted by Gasteiger charge is -2.31. The lowest BCUT2D eigenvalue weighted by Crippen LogP contribution is -3.16. The van der Waals surface area contributed by atoms with Crippen LogP contribution >= 0.6 is 11.3 Å². The Morgan fingerprint density at radius 2 is 1.88 bits per heavy atom. The molecule has 1 aromatic rings. The highest BCUT2D eigenvalue weighted by atomic mass is 32.1. The van der Waals surface area contributed by atoms with E-state index in [9.17, 15) is 14.4 Å². The number of thiophene rings is 1. The Hall–Kier alpha value is -1.77. The molecule has 1 aromatic heterocycles. The third kappa shape index (κ3) is 4.90. The monoisotopic (exact) mass is 383 g/mol. The first-order valence-corrected chi connectivity index (χ1v) is 9.64. The summed E-state index contributed by atoms with van der Waals surface area (Å²) in [7, 11) is 0. The summed E-state index contributed by atoms with van der Waals surface area (Å²) in [4.78, 5) is 38.2. The molecule has 1 amide bonds. The number of hydrogen-bond donors (Lipinski definition) is 2. The summed E-state index contributed by atoms with van der Waals surface area (Å²) in [5.41, 5.74) is 0.825. The predicted octanol–water partition coefficient (Wildman–Crippen LogP) is 1.07. The van der Waals surface area contributed by atoms with Crippen LogP contribution in [0.4, 0.5) is 5.00 Å². The zero-order valence-corrected chi connectivity index (χ0v) is 16.7. The number of esters is 1. The summed E-state index contributed by atoms with van der Waals surface area (Å²) < 4.78 is 10.8. The summed E-state index contributed by atoms with van der Waals surface area (Å²) in [6, 6.07) is 0. The topological polar surface area (TPSA) is 86.1 Å². The van der Waals surface area contributed by atoms with Gasteiger partial charge in [0, 0.05) is 0 Å². The Bertz CT molecular complexity index is 690. The number of quaternary nitrogens is 1. The van der Waals surface area contributed by atoms with Gasteiger partial charge in [0.1, 0.15) is 30.3 Å². The number of rotatable bonds is 6. The minimum absolute atomic E-state index is 0.102. The number of ether oxygens (including phenoxy) is 2. The zero-order chi connectivity index (χ0) is 19.4. The number of morpholine rings is 1. The molecule has 2 heterocycles. The SMILES string of the molecule is CCOC(=O)c1c(NC(=O)C[NH+]2C[C@H](C)O[C@@H](C)C2)sc(C(C)=O)c1C. The van der Waals surface area contributed by atoms with Crippen LogP contribution in [0, 0.1) is 6.92 Å². The molecule has 0 spiro atoms. The predicted molar refractivity (Wildman–Crippen MR) is 99.2 cm³/mol. The van der Waals surface area contributed by atoms with Gasteiger partial charge in [-0.05, 0) is 40.2 Å². The molecule has 8 heteroatoms. The molecule has 1 saturated heterocycles. The fourth-order valence-electron chi connectivity index (χ4n) is 3.32. The van der Waals surface area contributed by atoms with E-state index in [0.717, 1.165) is 29.3 Å². The summed E-state index contributed by atoms with van der Waals surface area (Å²) in [6.45, 7) is 10.9. The van der Waals surface area contributed by atoms with Crippen LogP contribution in [0.25, 0.3) is 0 Å². The van der Waals surface area contributed by atoms with Gasteiger partial charge < -0.3 is 19.7 Å². The fraction of sp³-hybridized carbons (Fsp3) is 0.611. The summed E-state index contributed by atoms with van der Waals surface area (Å²) >= 11 is 1.12. The third-order valence-electron chi connectivity index (χ3n) is 4.23. The van der Waals surface area contributed by atoms with E-state index in [2.05, 4.69) is 5.32 Å². The van der Waals surface area contributed by atoms with E-state index in [0.29, 0.717) is 15.4 Å². The minimum atomic E-state index is -0.523. The number of Topliss-reactive ketones (excluding diaryl/α,β-unsaturated/α-hetero) is 1. The molecule has 2 rings (SSSR count). The Kier molecular flexibility index (Phi) is 6.91. The van der Waals surface area contributed by atoms with Gasteiger partial charge >= 0.3 is 5.97 Å². The summed E-state index contributed by atoms with van der Waals surface area (Å²) in [5, 5.41) is 3.19. The first-order valence-electron chi connectivity index (χ1n) is 8.83. The van der Waals surface area contributed by atoms with Gasteiger partial charge in [0.2, 0.25) is 0 Å². The maximum Gasteiger partial charge on any atom is 0.341 e. The average molecular weight is 383 g/mol. The average Bonchev–Trinajstić information content (AvgIpc) is 2.82. The molecule has 1 aliphatic heterocycles. The van der Waals surface area contributed by atoms with E-state index >= 15 is 0 Å². The highest BCUT2D eigenvalue weighted by molar-refractivity contribution is 7.18. The Labute approximate surface area is 157 Å².